The number of hydrogen-bond acceptors (Lipinski definition) is 3. The van der Waals surface area contributed by atoms with Crippen LogP contribution in [0.4, 0.5) is 5.69 Å². The predicted molar refractivity (Wildman–Crippen MR) is 65.7 cm³/mol. The van der Waals surface area contributed by atoms with E-state index in [1.165, 1.54) is 0 Å². The summed E-state index contributed by atoms with van der Waals surface area (Å²) in [5.41, 5.74) is 1.12. The van der Waals surface area contributed by atoms with Crippen LogP contribution < -0.4 is 4.90 Å². The van der Waals surface area contributed by atoms with E-state index in [9.17, 15) is 0 Å². The first-order chi connectivity index (χ1) is 7.09. The smallest absolute Gasteiger partial charge is 0.131 e. The summed E-state index contributed by atoms with van der Waals surface area (Å²) in [6.45, 7) is 2.13. The Hall–Kier alpha value is -0.800. The Kier molecular flexibility index (Phi) is 4.85. The molecule has 4 heteroatoms. The van der Waals surface area contributed by atoms with Crippen LogP contribution in [-0.2, 0) is 0 Å². The Labute approximate surface area is 96.7 Å². The minimum absolute atomic E-state index is 0.548. The van der Waals surface area contributed by atoms with Gasteiger partial charge >= 0.3 is 0 Å². The minimum atomic E-state index is 0.548. The summed E-state index contributed by atoms with van der Waals surface area (Å²) >= 11 is 5.83. The molecule has 0 spiro atoms. The lowest BCUT2D eigenvalue weighted by molar-refractivity contribution is 0.401. The van der Waals surface area contributed by atoms with E-state index < -0.39 is 0 Å². The van der Waals surface area contributed by atoms with Gasteiger partial charge in [0, 0.05) is 25.5 Å². The molecule has 0 aromatic carbocycles. The van der Waals surface area contributed by atoms with Gasteiger partial charge in [-0.05, 0) is 39.2 Å². The fourth-order valence-electron chi connectivity index (χ4n) is 1.38. The Balaban J connectivity index is 2.43. The van der Waals surface area contributed by atoms with Gasteiger partial charge in [-0.15, -0.1) is 0 Å². The molecule has 84 valence electrons. The molecular weight excluding hydrogens is 210 g/mol. The van der Waals surface area contributed by atoms with Crippen molar-refractivity contribution in [3.63, 3.8) is 0 Å². The van der Waals surface area contributed by atoms with Gasteiger partial charge in [-0.25, -0.2) is 4.98 Å². The molecule has 0 unspecified atom stereocenters. The van der Waals surface area contributed by atoms with E-state index in [-0.39, 0.29) is 0 Å². The molecule has 1 aromatic rings. The summed E-state index contributed by atoms with van der Waals surface area (Å²) < 4.78 is 0. The number of rotatable bonds is 5. The molecule has 1 aromatic heterocycles. The zero-order valence-corrected chi connectivity index (χ0v) is 10.3. The predicted octanol–water partition coefficient (Wildman–Crippen LogP) is 2.12. The molecule has 0 amide bonds. The number of hydrogen-bond donors (Lipinski definition) is 0. The van der Waals surface area contributed by atoms with Crippen molar-refractivity contribution in [3.05, 3.63) is 23.5 Å². The van der Waals surface area contributed by atoms with Crippen LogP contribution in [0.15, 0.2) is 18.3 Å². The largest absolute Gasteiger partial charge is 0.374 e. The average Bonchev–Trinajstić information content (AvgIpc) is 2.17. The highest BCUT2D eigenvalue weighted by molar-refractivity contribution is 6.29. The second-order valence-corrected chi connectivity index (χ2v) is 4.30. The molecule has 0 N–H and O–H groups in total. The summed E-state index contributed by atoms with van der Waals surface area (Å²) in [5.74, 6) is 0. The topological polar surface area (TPSA) is 19.4 Å². The van der Waals surface area contributed by atoms with Gasteiger partial charge in [-0.1, -0.05) is 11.6 Å². The molecule has 0 aliphatic rings. The third-order valence-electron chi connectivity index (χ3n) is 2.25. The van der Waals surface area contributed by atoms with Crippen molar-refractivity contribution in [2.24, 2.45) is 0 Å². The zero-order chi connectivity index (χ0) is 11.3. The van der Waals surface area contributed by atoms with Crippen LogP contribution in [0.3, 0.4) is 0 Å². The molecule has 0 fully saturated rings. The maximum atomic E-state index is 5.83. The molecule has 0 aliphatic carbocycles. The van der Waals surface area contributed by atoms with Gasteiger partial charge in [0.05, 0.1) is 0 Å². The fraction of sp³-hybridized carbons (Fsp3) is 0.545. The van der Waals surface area contributed by atoms with Crippen molar-refractivity contribution in [1.29, 1.82) is 0 Å². The first kappa shape index (κ1) is 12.3. The quantitative estimate of drug-likeness (QED) is 0.719. The van der Waals surface area contributed by atoms with E-state index >= 15 is 0 Å². The van der Waals surface area contributed by atoms with Gasteiger partial charge in [0.2, 0.25) is 0 Å². The van der Waals surface area contributed by atoms with Crippen LogP contribution >= 0.6 is 11.6 Å². The molecule has 0 saturated carbocycles. The van der Waals surface area contributed by atoms with Crippen LogP contribution in [-0.4, -0.2) is 44.1 Å². The maximum absolute atomic E-state index is 5.83. The van der Waals surface area contributed by atoms with Gasteiger partial charge in [-0.2, -0.15) is 0 Å². The molecule has 15 heavy (non-hydrogen) atoms. The van der Waals surface area contributed by atoms with Crippen molar-refractivity contribution in [2.45, 2.75) is 6.42 Å². The number of aromatic nitrogens is 1. The minimum Gasteiger partial charge on any atom is -0.374 e. The second kappa shape index (κ2) is 5.93. The van der Waals surface area contributed by atoms with E-state index in [4.69, 9.17) is 11.6 Å². The van der Waals surface area contributed by atoms with Gasteiger partial charge in [0.1, 0.15) is 5.15 Å². The zero-order valence-electron chi connectivity index (χ0n) is 9.57. The molecule has 0 bridgehead atoms. The Morgan fingerprint density at radius 1 is 1.27 bits per heavy atom. The first-order valence-corrected chi connectivity index (χ1v) is 5.45. The molecule has 1 rings (SSSR count). The van der Waals surface area contributed by atoms with Crippen molar-refractivity contribution >= 4 is 17.3 Å². The summed E-state index contributed by atoms with van der Waals surface area (Å²) in [5, 5.41) is 0.548. The van der Waals surface area contributed by atoms with Crippen LogP contribution in [0, 0.1) is 0 Å². The molecular formula is C11H18ClN3. The van der Waals surface area contributed by atoms with Gasteiger partial charge in [0.25, 0.3) is 0 Å². The lowest BCUT2D eigenvalue weighted by Gasteiger charge is -2.20. The lowest BCUT2D eigenvalue weighted by Crippen LogP contribution is -2.23. The van der Waals surface area contributed by atoms with E-state index in [0.717, 1.165) is 25.2 Å². The summed E-state index contributed by atoms with van der Waals surface area (Å²) in [4.78, 5) is 8.34. The van der Waals surface area contributed by atoms with Crippen LogP contribution in [0.25, 0.3) is 0 Å². The molecule has 0 radical (unpaired) electrons. The van der Waals surface area contributed by atoms with E-state index in [0.29, 0.717) is 5.15 Å². The van der Waals surface area contributed by atoms with Crippen molar-refractivity contribution < 1.29 is 0 Å². The monoisotopic (exact) mass is 227 g/mol. The third kappa shape index (κ3) is 4.49. The van der Waals surface area contributed by atoms with Crippen LogP contribution in [0.5, 0.6) is 0 Å². The Morgan fingerprint density at radius 2 is 2.00 bits per heavy atom. The highest BCUT2D eigenvalue weighted by Gasteiger charge is 2.01. The van der Waals surface area contributed by atoms with Gasteiger partial charge in [0.15, 0.2) is 0 Å². The molecule has 0 aliphatic heterocycles. The van der Waals surface area contributed by atoms with Gasteiger partial charge in [-0.3, -0.25) is 0 Å². The van der Waals surface area contributed by atoms with Gasteiger partial charge < -0.3 is 9.80 Å². The number of nitrogens with zero attached hydrogens (tertiary/aromatic N) is 3. The van der Waals surface area contributed by atoms with Crippen molar-refractivity contribution in [2.75, 3.05) is 39.1 Å². The van der Waals surface area contributed by atoms with E-state index in [2.05, 4.69) is 35.9 Å². The van der Waals surface area contributed by atoms with E-state index in [1.54, 1.807) is 6.20 Å². The lowest BCUT2D eigenvalue weighted by atomic mass is 10.3. The fourth-order valence-corrected chi connectivity index (χ4v) is 1.55. The first-order valence-electron chi connectivity index (χ1n) is 5.07. The molecule has 1 heterocycles. The molecule has 0 saturated heterocycles. The van der Waals surface area contributed by atoms with Crippen LogP contribution in [0.2, 0.25) is 5.15 Å². The molecule has 3 nitrogen and oxygen atoms in total. The average molecular weight is 228 g/mol. The second-order valence-electron chi connectivity index (χ2n) is 3.92. The normalized spacial score (nSPS) is 10.7. The Morgan fingerprint density at radius 3 is 2.60 bits per heavy atom. The van der Waals surface area contributed by atoms with Crippen molar-refractivity contribution in [1.82, 2.24) is 9.88 Å². The van der Waals surface area contributed by atoms with Crippen LogP contribution in [0.1, 0.15) is 6.42 Å². The van der Waals surface area contributed by atoms with E-state index in [1.807, 2.05) is 12.1 Å². The Bertz CT molecular complexity index is 302. The van der Waals surface area contributed by atoms with Crippen molar-refractivity contribution in [3.8, 4) is 0 Å². The standard InChI is InChI=1S/C11H18ClN3/c1-14(2)7-4-8-15(3)10-5-6-13-11(12)9-10/h5-6,9H,4,7-8H2,1-3H3. The third-order valence-corrected chi connectivity index (χ3v) is 2.46. The SMILES string of the molecule is CN(C)CCCN(C)c1ccnc(Cl)c1. The highest BCUT2D eigenvalue weighted by atomic mass is 35.5. The summed E-state index contributed by atoms with van der Waals surface area (Å²) in [7, 11) is 6.24. The maximum Gasteiger partial charge on any atom is 0.131 e. The number of halogens is 1. The summed E-state index contributed by atoms with van der Waals surface area (Å²) in [6.07, 6.45) is 2.88. The summed E-state index contributed by atoms with van der Waals surface area (Å²) in [6, 6.07) is 3.86. The number of pyridine rings is 1. The highest BCUT2D eigenvalue weighted by Crippen LogP contribution is 2.15. The number of anilines is 1. The molecule has 0 atom stereocenters.